The quantitative estimate of drug-likeness (QED) is 0.641. The molecular formula is C21H30ClN5O3. The van der Waals surface area contributed by atoms with Crippen LogP contribution in [0.3, 0.4) is 0 Å². The first kappa shape index (κ1) is 22.5. The summed E-state index contributed by atoms with van der Waals surface area (Å²) < 4.78 is 0. The summed E-state index contributed by atoms with van der Waals surface area (Å²) >= 11 is 0. The largest absolute Gasteiger partial charge is 0.354 e. The number of halogens is 1. The average molecular weight is 436 g/mol. The number of para-hydroxylation sites is 2. The second kappa shape index (κ2) is 10.2. The van der Waals surface area contributed by atoms with Gasteiger partial charge in [-0.2, -0.15) is 0 Å². The molecule has 30 heavy (non-hydrogen) atoms. The third kappa shape index (κ3) is 5.30. The van der Waals surface area contributed by atoms with E-state index in [2.05, 4.69) is 20.9 Å². The number of likely N-dealkylation sites (tertiary alicyclic amines) is 1. The third-order valence-electron chi connectivity index (χ3n) is 5.98. The van der Waals surface area contributed by atoms with Crippen molar-refractivity contribution in [1.82, 2.24) is 15.5 Å². The zero-order valence-corrected chi connectivity index (χ0v) is 17.9. The smallest absolute Gasteiger partial charge is 0.244 e. The summed E-state index contributed by atoms with van der Waals surface area (Å²) in [6.45, 7) is 3.55. The summed E-state index contributed by atoms with van der Waals surface area (Å²) in [5.74, 6) is 0.203. The van der Waals surface area contributed by atoms with Gasteiger partial charge < -0.3 is 16.0 Å². The van der Waals surface area contributed by atoms with Crippen LogP contribution >= 0.6 is 12.4 Å². The van der Waals surface area contributed by atoms with Gasteiger partial charge in [0.05, 0.1) is 24.0 Å². The van der Waals surface area contributed by atoms with Gasteiger partial charge in [0, 0.05) is 13.1 Å². The number of nitrogens with zero attached hydrogens (tertiary/aromatic N) is 2. The van der Waals surface area contributed by atoms with Gasteiger partial charge in [0.25, 0.3) is 0 Å². The molecule has 3 aliphatic rings. The molecule has 1 aromatic rings. The van der Waals surface area contributed by atoms with Crippen LogP contribution in [0.2, 0.25) is 0 Å². The molecule has 0 radical (unpaired) electrons. The summed E-state index contributed by atoms with van der Waals surface area (Å²) in [4.78, 5) is 40.9. The summed E-state index contributed by atoms with van der Waals surface area (Å²) in [6, 6.07) is 7.33. The van der Waals surface area contributed by atoms with Crippen LogP contribution < -0.4 is 20.9 Å². The number of fused-ring (bicyclic) bond motifs is 1. The minimum Gasteiger partial charge on any atom is -0.354 e. The lowest BCUT2D eigenvalue weighted by Crippen LogP contribution is -2.50. The second-order valence-corrected chi connectivity index (χ2v) is 8.18. The van der Waals surface area contributed by atoms with Gasteiger partial charge in [-0.25, -0.2) is 0 Å². The Morgan fingerprint density at radius 2 is 2.00 bits per heavy atom. The van der Waals surface area contributed by atoms with Crippen LogP contribution in [0.25, 0.3) is 0 Å². The fourth-order valence-corrected chi connectivity index (χ4v) is 4.47. The summed E-state index contributed by atoms with van der Waals surface area (Å²) in [5, 5.41) is 9.11. The van der Waals surface area contributed by atoms with Crippen LogP contribution in [0, 0.1) is 5.92 Å². The average Bonchev–Trinajstić information content (AvgIpc) is 3.26. The number of anilines is 2. The second-order valence-electron chi connectivity index (χ2n) is 8.18. The van der Waals surface area contributed by atoms with Crippen LogP contribution in [-0.2, 0) is 14.4 Å². The van der Waals surface area contributed by atoms with E-state index >= 15 is 0 Å². The Labute approximate surface area is 183 Å². The summed E-state index contributed by atoms with van der Waals surface area (Å²) in [6.07, 6.45) is 4.02. The van der Waals surface area contributed by atoms with Gasteiger partial charge in [0.1, 0.15) is 6.54 Å². The van der Waals surface area contributed by atoms with Crippen LogP contribution in [0.1, 0.15) is 25.7 Å². The predicted octanol–water partition coefficient (Wildman–Crippen LogP) is 0.974. The topological polar surface area (TPSA) is 93.8 Å². The molecule has 0 spiro atoms. The van der Waals surface area contributed by atoms with Gasteiger partial charge in [-0.05, 0) is 56.8 Å². The maximum absolute atomic E-state index is 12.9. The van der Waals surface area contributed by atoms with Crippen molar-refractivity contribution in [2.45, 2.75) is 31.7 Å². The normalized spacial score (nSPS) is 23.9. The van der Waals surface area contributed by atoms with E-state index in [1.807, 2.05) is 24.3 Å². The van der Waals surface area contributed by atoms with E-state index in [1.165, 1.54) is 0 Å². The zero-order valence-electron chi connectivity index (χ0n) is 17.1. The summed E-state index contributed by atoms with van der Waals surface area (Å²) in [5.41, 5.74) is 1.43. The van der Waals surface area contributed by atoms with Crippen molar-refractivity contribution in [2.24, 2.45) is 5.92 Å². The molecule has 2 saturated heterocycles. The Kier molecular flexibility index (Phi) is 7.69. The number of hydrogen-bond donors (Lipinski definition) is 3. The standard InChI is InChI=1S/C21H29N5O3.ClH/c27-19-13-26(18-8-2-1-6-16(18)24-19)20(28)14-25-10-4-5-15(12-25)11-23-21(29)17-7-3-9-22-17;/h1-2,6,8,15,17,22H,3-5,7,9-14H2,(H,23,29)(H,24,27);1H. The maximum atomic E-state index is 12.9. The van der Waals surface area contributed by atoms with Crippen LogP contribution in [0.4, 0.5) is 11.4 Å². The van der Waals surface area contributed by atoms with Gasteiger partial charge in [-0.15, -0.1) is 12.4 Å². The van der Waals surface area contributed by atoms with Crippen molar-refractivity contribution in [3.63, 3.8) is 0 Å². The monoisotopic (exact) mass is 435 g/mol. The molecule has 2 atom stereocenters. The molecule has 3 heterocycles. The van der Waals surface area contributed by atoms with Crippen molar-refractivity contribution < 1.29 is 14.4 Å². The molecule has 2 fully saturated rings. The van der Waals surface area contributed by atoms with E-state index in [4.69, 9.17) is 0 Å². The lowest BCUT2D eigenvalue weighted by Gasteiger charge is -2.35. The molecule has 3 N–H and O–H groups in total. The minimum absolute atomic E-state index is 0. The fraction of sp³-hybridized carbons (Fsp3) is 0.571. The Bertz CT molecular complexity index is 784. The molecule has 2 unspecified atom stereocenters. The van der Waals surface area contributed by atoms with E-state index < -0.39 is 0 Å². The van der Waals surface area contributed by atoms with Crippen LogP contribution in [-0.4, -0.2) is 67.9 Å². The van der Waals surface area contributed by atoms with E-state index in [1.54, 1.807) is 4.90 Å². The molecule has 8 nitrogen and oxygen atoms in total. The van der Waals surface area contributed by atoms with Crippen molar-refractivity contribution >= 4 is 41.5 Å². The number of hydrogen-bond acceptors (Lipinski definition) is 5. The van der Waals surface area contributed by atoms with Crippen molar-refractivity contribution in [2.75, 3.05) is 49.5 Å². The number of nitrogens with one attached hydrogen (secondary N) is 3. The Balaban J connectivity index is 0.00000256. The first-order valence-corrected chi connectivity index (χ1v) is 10.5. The lowest BCUT2D eigenvalue weighted by atomic mass is 9.97. The number of rotatable bonds is 5. The SMILES string of the molecule is Cl.O=C1CN(C(=O)CN2CCCC(CNC(=O)C3CCCN3)C2)c2ccccc2N1. The Hall–Kier alpha value is -2.16. The molecule has 3 amide bonds. The molecule has 9 heteroatoms. The highest BCUT2D eigenvalue weighted by Crippen LogP contribution is 2.29. The number of amides is 3. The first-order valence-electron chi connectivity index (χ1n) is 10.5. The fourth-order valence-electron chi connectivity index (χ4n) is 4.47. The van der Waals surface area contributed by atoms with Gasteiger partial charge in [0.2, 0.25) is 17.7 Å². The third-order valence-corrected chi connectivity index (χ3v) is 5.98. The first-order chi connectivity index (χ1) is 14.1. The van der Waals surface area contributed by atoms with Gasteiger partial charge in [-0.1, -0.05) is 12.1 Å². The van der Waals surface area contributed by atoms with E-state index in [-0.39, 0.29) is 49.3 Å². The predicted molar refractivity (Wildman–Crippen MR) is 118 cm³/mol. The van der Waals surface area contributed by atoms with E-state index in [0.29, 0.717) is 18.2 Å². The summed E-state index contributed by atoms with van der Waals surface area (Å²) in [7, 11) is 0. The molecule has 0 bridgehead atoms. The minimum atomic E-state index is -0.170. The van der Waals surface area contributed by atoms with Crippen molar-refractivity contribution in [3.8, 4) is 0 Å². The highest BCUT2D eigenvalue weighted by molar-refractivity contribution is 6.10. The molecule has 0 aliphatic carbocycles. The highest BCUT2D eigenvalue weighted by Gasteiger charge is 2.30. The lowest BCUT2D eigenvalue weighted by molar-refractivity contribution is -0.124. The molecular weight excluding hydrogens is 406 g/mol. The van der Waals surface area contributed by atoms with Crippen LogP contribution in [0.15, 0.2) is 24.3 Å². The van der Waals surface area contributed by atoms with Crippen molar-refractivity contribution in [3.05, 3.63) is 24.3 Å². The molecule has 0 saturated carbocycles. The molecule has 0 aromatic heterocycles. The Morgan fingerprint density at radius 3 is 2.80 bits per heavy atom. The highest BCUT2D eigenvalue weighted by atomic mass is 35.5. The number of carbonyl (C=O) groups excluding carboxylic acids is 3. The molecule has 4 rings (SSSR count). The number of carbonyl (C=O) groups is 3. The molecule has 3 aliphatic heterocycles. The molecule has 1 aromatic carbocycles. The number of piperidine rings is 1. The van der Waals surface area contributed by atoms with Crippen LogP contribution in [0.5, 0.6) is 0 Å². The van der Waals surface area contributed by atoms with Gasteiger partial charge in [-0.3, -0.25) is 24.2 Å². The maximum Gasteiger partial charge on any atom is 0.244 e. The Morgan fingerprint density at radius 1 is 1.17 bits per heavy atom. The van der Waals surface area contributed by atoms with Crippen molar-refractivity contribution in [1.29, 1.82) is 0 Å². The zero-order chi connectivity index (χ0) is 20.2. The van der Waals surface area contributed by atoms with Gasteiger partial charge >= 0.3 is 0 Å². The number of benzene rings is 1. The van der Waals surface area contributed by atoms with E-state index in [0.717, 1.165) is 51.0 Å². The van der Waals surface area contributed by atoms with Gasteiger partial charge in [0.15, 0.2) is 0 Å². The molecule has 164 valence electrons. The van der Waals surface area contributed by atoms with E-state index in [9.17, 15) is 14.4 Å².